The van der Waals surface area contributed by atoms with Crippen LogP contribution in [-0.2, 0) is 0 Å². The molecule has 0 amide bonds. The molecule has 0 unspecified atom stereocenters. The molecule has 0 spiro atoms. The maximum Gasteiger partial charge on any atom is -0.0171 e. The summed E-state index contributed by atoms with van der Waals surface area (Å²) in [7, 11) is -1.81. The highest BCUT2D eigenvalue weighted by atomic mass is 31.1. The Labute approximate surface area is 457 Å². The quantitative estimate of drug-likeness (QED) is 0.0846. The van der Waals surface area contributed by atoms with Crippen LogP contribution in [-0.4, -0.2) is 12.3 Å². The van der Waals surface area contributed by atoms with Crippen LogP contribution < -0.4 is 21.2 Å². The van der Waals surface area contributed by atoms with E-state index in [1.165, 1.54) is 110 Å². The van der Waals surface area contributed by atoms with Crippen LogP contribution in [0.25, 0.3) is 89.0 Å². The van der Waals surface area contributed by atoms with E-state index in [9.17, 15) is 0 Å². The van der Waals surface area contributed by atoms with Crippen LogP contribution in [0.2, 0.25) is 0 Å². The Hall–Kier alpha value is -8.50. The molecular weight excluding hydrogens is 963 g/mol. The molecule has 12 rings (SSSR count). The second-order valence-corrected chi connectivity index (χ2v) is 24.3. The number of rotatable bonds is 16. The molecule has 0 N–H and O–H groups in total. The lowest BCUT2D eigenvalue weighted by molar-refractivity contribution is 1.11. The van der Waals surface area contributed by atoms with Crippen LogP contribution in [0.1, 0.15) is 6.42 Å². The van der Waals surface area contributed by atoms with Crippen LogP contribution in [0.15, 0.2) is 315 Å². The first kappa shape index (κ1) is 49.4. The third kappa shape index (κ3) is 11.7. The van der Waals surface area contributed by atoms with Gasteiger partial charge < -0.3 is 0 Å². The van der Waals surface area contributed by atoms with E-state index in [-0.39, 0.29) is 0 Å². The van der Waals surface area contributed by atoms with Crippen molar-refractivity contribution in [2.45, 2.75) is 6.42 Å². The molecule has 0 saturated carbocycles. The predicted molar refractivity (Wildman–Crippen MR) is 336 cm³/mol. The highest BCUT2D eigenvalue weighted by Gasteiger charge is 2.23. The third-order valence-corrected chi connectivity index (χ3v) is 19.6. The molecule has 0 heterocycles. The maximum atomic E-state index is 2.51. The van der Waals surface area contributed by atoms with Crippen LogP contribution in [0, 0.1) is 0 Å². The molecule has 77 heavy (non-hydrogen) atoms. The summed E-state index contributed by atoms with van der Waals surface area (Å²) in [6.45, 7) is 0. The molecule has 0 saturated heterocycles. The van der Waals surface area contributed by atoms with Gasteiger partial charge in [0.1, 0.15) is 0 Å². The molecule has 0 bridgehead atoms. The van der Waals surface area contributed by atoms with Gasteiger partial charge in [-0.2, -0.15) is 0 Å². The Morgan fingerprint density at radius 2 is 0.299 bits per heavy atom. The molecule has 12 aromatic carbocycles. The second kappa shape index (κ2) is 23.6. The molecule has 0 radical (unpaired) electrons. The van der Waals surface area contributed by atoms with Crippen molar-refractivity contribution in [3.05, 3.63) is 315 Å². The number of hydrogen-bond acceptors (Lipinski definition) is 0. The van der Waals surface area contributed by atoms with Gasteiger partial charge in [-0.1, -0.05) is 243 Å². The van der Waals surface area contributed by atoms with Crippen LogP contribution >= 0.6 is 15.8 Å². The SMILES string of the molecule is c1ccc(-c2cc(-c3ccccc3)cc(P(CCCP(c3cc(-c4ccccc4)cc(-c4ccccc4)c3)c3cc(-c4ccccc4)cc(-c4ccccc4)c3)c3cc(-c4ccccc4)cc(-c4ccccc4)c3)c2)cc1. The fraction of sp³-hybridized carbons (Fsp3) is 0.0400. The van der Waals surface area contributed by atoms with Crippen molar-refractivity contribution < 1.29 is 0 Å². The Balaban J connectivity index is 1.05. The van der Waals surface area contributed by atoms with E-state index in [0.29, 0.717) is 0 Å². The van der Waals surface area contributed by atoms with Gasteiger partial charge >= 0.3 is 0 Å². The van der Waals surface area contributed by atoms with Crippen LogP contribution in [0.5, 0.6) is 0 Å². The molecule has 2 heteroatoms. The van der Waals surface area contributed by atoms with E-state index < -0.39 is 15.8 Å². The number of benzene rings is 12. The van der Waals surface area contributed by atoms with Gasteiger partial charge in [0.05, 0.1) is 0 Å². The van der Waals surface area contributed by atoms with Gasteiger partial charge in [-0.25, -0.2) is 0 Å². The third-order valence-electron chi connectivity index (χ3n) is 14.5. The topological polar surface area (TPSA) is 0 Å². The standard InChI is InChI=1S/C75H58P2/c1-9-26-56(27-10-1)64-44-65(57-28-11-2-12-29-57)49-72(48-64)76(73-50-66(58-30-13-3-14-31-58)45-67(51-73)59-32-15-4-16-33-59)42-25-43-77(74-52-68(60-34-17-5-18-35-60)46-69(53-74)61-36-19-6-20-37-61)75-54-70(62-38-21-7-22-39-62)47-71(55-75)63-40-23-8-24-41-63/h1-24,26-41,44-55H,25,42-43H2. The molecule has 0 aliphatic heterocycles. The molecule has 0 fully saturated rings. The van der Waals surface area contributed by atoms with Crippen molar-refractivity contribution in [3.63, 3.8) is 0 Å². The number of hydrogen-bond donors (Lipinski definition) is 0. The lowest BCUT2D eigenvalue weighted by atomic mass is 9.99. The summed E-state index contributed by atoms with van der Waals surface area (Å²) in [5.41, 5.74) is 19.8. The summed E-state index contributed by atoms with van der Waals surface area (Å²) in [4.78, 5) is 0. The van der Waals surface area contributed by atoms with Crippen molar-refractivity contribution >= 4 is 37.1 Å². The van der Waals surface area contributed by atoms with Gasteiger partial charge in [0.25, 0.3) is 0 Å². The molecule has 368 valence electrons. The summed E-state index contributed by atoms with van der Waals surface area (Å²) >= 11 is 0. The Morgan fingerprint density at radius 1 is 0.156 bits per heavy atom. The van der Waals surface area contributed by atoms with Crippen LogP contribution in [0.3, 0.4) is 0 Å². The van der Waals surface area contributed by atoms with E-state index >= 15 is 0 Å². The molecule has 12 aromatic rings. The Bertz CT molecular complexity index is 3110. The molecular formula is C75H58P2. The van der Waals surface area contributed by atoms with Gasteiger partial charge in [-0.3, -0.25) is 0 Å². The van der Waals surface area contributed by atoms with Crippen molar-refractivity contribution in [2.24, 2.45) is 0 Å². The zero-order chi connectivity index (χ0) is 51.6. The summed E-state index contributed by atoms with van der Waals surface area (Å²) in [6.07, 6.45) is 3.05. The first-order valence-electron chi connectivity index (χ1n) is 26.7. The van der Waals surface area contributed by atoms with Crippen molar-refractivity contribution in [2.75, 3.05) is 12.3 Å². The van der Waals surface area contributed by atoms with Gasteiger partial charge in [0.2, 0.25) is 0 Å². The molecule has 0 aliphatic rings. The van der Waals surface area contributed by atoms with Gasteiger partial charge in [-0.15, -0.1) is 0 Å². The molecule has 0 aromatic heterocycles. The fourth-order valence-corrected chi connectivity index (χ4v) is 15.8. The van der Waals surface area contributed by atoms with E-state index in [4.69, 9.17) is 0 Å². The van der Waals surface area contributed by atoms with Crippen molar-refractivity contribution in [1.29, 1.82) is 0 Å². The monoisotopic (exact) mass is 1020 g/mol. The molecule has 0 atom stereocenters. The van der Waals surface area contributed by atoms with E-state index in [2.05, 4.69) is 315 Å². The average Bonchev–Trinajstić information content (AvgIpc) is 3.52. The highest BCUT2D eigenvalue weighted by molar-refractivity contribution is 7.74. The van der Waals surface area contributed by atoms with Gasteiger partial charge in [0.15, 0.2) is 0 Å². The first-order valence-corrected chi connectivity index (χ1v) is 29.8. The second-order valence-electron chi connectivity index (χ2n) is 19.7. The van der Waals surface area contributed by atoms with E-state index in [1.54, 1.807) is 0 Å². The van der Waals surface area contributed by atoms with E-state index in [0.717, 1.165) is 18.7 Å². The normalized spacial score (nSPS) is 11.2. The minimum absolute atomic E-state index is 0.905. The summed E-state index contributed by atoms with van der Waals surface area (Å²) < 4.78 is 0. The average molecular weight is 1020 g/mol. The van der Waals surface area contributed by atoms with Gasteiger partial charge in [-0.05, 0) is 218 Å². The minimum Gasteiger partial charge on any atom is -0.0622 e. The van der Waals surface area contributed by atoms with Crippen molar-refractivity contribution in [1.82, 2.24) is 0 Å². The maximum absolute atomic E-state index is 2.51. The minimum atomic E-state index is -0.905. The smallest absolute Gasteiger partial charge is 0.0171 e. The molecule has 0 aliphatic carbocycles. The lowest BCUT2D eigenvalue weighted by Gasteiger charge is -2.26. The highest BCUT2D eigenvalue weighted by Crippen LogP contribution is 2.45. The summed E-state index contributed by atoms with van der Waals surface area (Å²) in [6, 6.07) is 117. The zero-order valence-electron chi connectivity index (χ0n) is 43.0. The van der Waals surface area contributed by atoms with E-state index in [1.807, 2.05) is 0 Å². The van der Waals surface area contributed by atoms with Gasteiger partial charge in [0, 0.05) is 0 Å². The Morgan fingerprint density at radius 3 is 0.442 bits per heavy atom. The summed E-state index contributed by atoms with van der Waals surface area (Å²) in [5.74, 6) is 0. The van der Waals surface area contributed by atoms with Crippen molar-refractivity contribution in [3.8, 4) is 89.0 Å². The fourth-order valence-electron chi connectivity index (χ4n) is 10.6. The predicted octanol–water partition coefficient (Wildman–Crippen LogP) is 19.0. The first-order chi connectivity index (χ1) is 38.1. The molecule has 0 nitrogen and oxygen atoms in total. The summed E-state index contributed by atoms with van der Waals surface area (Å²) in [5, 5.41) is 5.57. The Kier molecular flexibility index (Phi) is 15.1. The largest absolute Gasteiger partial charge is 0.0622 e. The zero-order valence-corrected chi connectivity index (χ0v) is 44.8. The van der Waals surface area contributed by atoms with Crippen LogP contribution in [0.4, 0.5) is 0 Å². The lowest BCUT2D eigenvalue weighted by Crippen LogP contribution is -2.19.